The Balaban J connectivity index is 1.48. The van der Waals surface area contributed by atoms with Gasteiger partial charge in [0.25, 0.3) is 5.56 Å². The Kier molecular flexibility index (Phi) is 5.31. The lowest BCUT2D eigenvalue weighted by Gasteiger charge is -2.29. The van der Waals surface area contributed by atoms with E-state index in [1.807, 2.05) is 36.4 Å². The number of H-pyrrole nitrogens is 1. The molecular weight excluding hydrogens is 442 g/mol. The van der Waals surface area contributed by atoms with Gasteiger partial charge in [0.1, 0.15) is 23.8 Å². The molecule has 2 aromatic carbocycles. The number of ether oxygens (including phenoxy) is 2. The van der Waals surface area contributed by atoms with E-state index in [0.29, 0.717) is 11.3 Å². The van der Waals surface area contributed by atoms with E-state index in [1.165, 1.54) is 15.4 Å². The number of aliphatic hydroxyl groups is 2. The van der Waals surface area contributed by atoms with Crippen LogP contribution >= 0.6 is 0 Å². The van der Waals surface area contributed by atoms with Crippen LogP contribution in [0.4, 0.5) is 0 Å². The van der Waals surface area contributed by atoms with Crippen LogP contribution in [0.1, 0.15) is 18.2 Å². The highest BCUT2D eigenvalue weighted by molar-refractivity contribution is 5.87. The molecule has 34 heavy (non-hydrogen) atoms. The number of aliphatic hydroxyl groups excluding tert-OH is 2. The first-order valence-electron chi connectivity index (χ1n) is 10.6. The highest BCUT2D eigenvalue weighted by Gasteiger charge is 2.51. The third kappa shape index (κ3) is 3.50. The molecular formula is C23H23N5O6. The molecule has 176 valence electrons. The third-order valence-corrected chi connectivity index (χ3v) is 6.19. The fraction of sp³-hybridized carbons (Fsp3) is 0.304. The molecule has 1 aliphatic rings. The lowest BCUT2D eigenvalue weighted by Crippen LogP contribution is -2.46. The van der Waals surface area contributed by atoms with Crippen molar-refractivity contribution in [3.63, 3.8) is 0 Å². The molecule has 2 aromatic heterocycles. The largest absolute Gasteiger partial charge is 0.497 e. The minimum Gasteiger partial charge on any atom is -0.497 e. The Morgan fingerprint density at radius 3 is 2.74 bits per heavy atom. The molecule has 0 saturated carbocycles. The van der Waals surface area contributed by atoms with Gasteiger partial charge in [-0.1, -0.05) is 23.4 Å². The normalized spacial score (nSPS) is 22.4. The van der Waals surface area contributed by atoms with Crippen LogP contribution in [0.15, 0.2) is 58.4 Å². The van der Waals surface area contributed by atoms with E-state index in [4.69, 9.17) is 9.47 Å². The van der Waals surface area contributed by atoms with Crippen molar-refractivity contribution in [2.75, 3.05) is 13.7 Å². The summed E-state index contributed by atoms with van der Waals surface area (Å²) < 4.78 is 13.7. The Labute approximate surface area is 192 Å². The minimum atomic E-state index is -1.65. The molecule has 4 aromatic rings. The van der Waals surface area contributed by atoms with Gasteiger partial charge >= 0.3 is 5.69 Å². The van der Waals surface area contributed by atoms with Gasteiger partial charge in [0.2, 0.25) is 5.72 Å². The number of benzene rings is 2. The van der Waals surface area contributed by atoms with Gasteiger partial charge in [0.15, 0.2) is 0 Å². The predicted octanol–water partition coefficient (Wildman–Crippen LogP) is 0.890. The Hall–Kier alpha value is -3.80. The molecule has 0 spiro atoms. The standard InChI is InChI=1S/C23H23N5O6/c1-13-10-27(22(32)24-21(13)31)20-9-19(30)23(12-29,34-20)28-11-18(25-26-28)16-4-3-15-8-17(33-2)6-5-14(15)7-16/h3-8,10-11,19-20,29-30H,9,12H2,1-2H3,(H,24,31,32)/t19-,20+,23+/m0/s1. The van der Waals surface area contributed by atoms with Gasteiger partial charge in [0.05, 0.1) is 19.9 Å². The second kappa shape index (κ2) is 8.20. The number of aromatic nitrogens is 5. The average Bonchev–Trinajstić information content (AvgIpc) is 3.46. The van der Waals surface area contributed by atoms with Crippen molar-refractivity contribution < 1.29 is 19.7 Å². The van der Waals surface area contributed by atoms with E-state index in [0.717, 1.165) is 22.1 Å². The van der Waals surface area contributed by atoms with Crippen LogP contribution in [0.5, 0.6) is 5.75 Å². The van der Waals surface area contributed by atoms with Crippen LogP contribution in [0, 0.1) is 6.92 Å². The van der Waals surface area contributed by atoms with Gasteiger partial charge < -0.3 is 19.7 Å². The van der Waals surface area contributed by atoms with E-state index in [1.54, 1.807) is 20.2 Å². The SMILES string of the molecule is COc1ccc2cc(-c3cn([C@]4(CO)O[C@@H](n5cc(C)c(=O)[nH]c5=O)C[C@@H]4O)nn3)ccc2c1. The smallest absolute Gasteiger partial charge is 0.330 e. The van der Waals surface area contributed by atoms with Crippen molar-refractivity contribution in [1.29, 1.82) is 0 Å². The van der Waals surface area contributed by atoms with Crippen molar-refractivity contribution in [2.45, 2.75) is 31.4 Å². The van der Waals surface area contributed by atoms with Gasteiger partial charge in [-0.2, -0.15) is 0 Å². The second-order valence-corrected chi connectivity index (χ2v) is 8.28. The van der Waals surface area contributed by atoms with Crippen LogP contribution in [-0.2, 0) is 10.5 Å². The van der Waals surface area contributed by atoms with Crippen LogP contribution in [0.2, 0.25) is 0 Å². The predicted molar refractivity (Wildman–Crippen MR) is 121 cm³/mol. The molecule has 0 unspecified atom stereocenters. The van der Waals surface area contributed by atoms with Gasteiger partial charge in [0, 0.05) is 23.7 Å². The summed E-state index contributed by atoms with van der Waals surface area (Å²) in [6, 6.07) is 11.5. The van der Waals surface area contributed by atoms with Crippen LogP contribution < -0.4 is 16.0 Å². The van der Waals surface area contributed by atoms with Gasteiger partial charge in [-0.25, -0.2) is 9.48 Å². The zero-order valence-corrected chi connectivity index (χ0v) is 18.5. The number of fused-ring (bicyclic) bond motifs is 1. The molecule has 3 atom stereocenters. The van der Waals surface area contributed by atoms with Gasteiger partial charge in [-0.3, -0.25) is 14.3 Å². The highest BCUT2D eigenvalue weighted by Crippen LogP contribution is 2.39. The first-order valence-corrected chi connectivity index (χ1v) is 10.6. The fourth-order valence-electron chi connectivity index (χ4n) is 4.22. The second-order valence-electron chi connectivity index (χ2n) is 8.28. The van der Waals surface area contributed by atoms with E-state index in [9.17, 15) is 19.8 Å². The number of aryl methyl sites for hydroxylation is 1. The maximum Gasteiger partial charge on any atom is 0.330 e. The van der Waals surface area contributed by atoms with E-state index in [2.05, 4.69) is 15.3 Å². The zero-order chi connectivity index (χ0) is 24.0. The minimum absolute atomic E-state index is 0.00104. The summed E-state index contributed by atoms with van der Waals surface area (Å²) in [6.07, 6.45) is 0.823. The summed E-state index contributed by atoms with van der Waals surface area (Å²) in [5, 5.41) is 31.4. The molecule has 5 rings (SSSR count). The van der Waals surface area contributed by atoms with Gasteiger partial charge in [-0.15, -0.1) is 5.10 Å². The molecule has 1 fully saturated rings. The number of rotatable bonds is 5. The number of hydrogen-bond acceptors (Lipinski definition) is 8. The first-order chi connectivity index (χ1) is 16.3. The third-order valence-electron chi connectivity index (χ3n) is 6.19. The van der Waals surface area contributed by atoms with E-state index in [-0.39, 0.29) is 6.42 Å². The maximum absolute atomic E-state index is 12.3. The zero-order valence-electron chi connectivity index (χ0n) is 18.5. The molecule has 0 radical (unpaired) electrons. The maximum atomic E-state index is 12.3. The molecule has 3 heterocycles. The lowest BCUT2D eigenvalue weighted by atomic mass is 10.0. The van der Waals surface area contributed by atoms with Crippen molar-refractivity contribution in [3.8, 4) is 17.0 Å². The molecule has 1 saturated heterocycles. The molecule has 3 N–H and O–H groups in total. The van der Waals surface area contributed by atoms with Crippen molar-refractivity contribution in [1.82, 2.24) is 24.5 Å². The number of methoxy groups -OCH3 is 1. The van der Waals surface area contributed by atoms with E-state index >= 15 is 0 Å². The molecule has 11 heteroatoms. The summed E-state index contributed by atoms with van der Waals surface area (Å²) in [5.74, 6) is 0.759. The monoisotopic (exact) mass is 465 g/mol. The number of nitrogens with zero attached hydrogens (tertiary/aromatic N) is 4. The first kappa shape index (κ1) is 22.0. The molecule has 11 nitrogen and oxygen atoms in total. The summed E-state index contributed by atoms with van der Waals surface area (Å²) >= 11 is 0. The number of hydrogen-bond donors (Lipinski definition) is 3. The van der Waals surface area contributed by atoms with Crippen molar-refractivity contribution in [3.05, 3.63) is 75.2 Å². The molecule has 0 amide bonds. The Bertz CT molecular complexity index is 1490. The highest BCUT2D eigenvalue weighted by atomic mass is 16.6. The summed E-state index contributed by atoms with van der Waals surface area (Å²) in [4.78, 5) is 26.2. The molecule has 0 aliphatic carbocycles. The Morgan fingerprint density at radius 2 is 1.97 bits per heavy atom. The molecule has 1 aliphatic heterocycles. The van der Waals surface area contributed by atoms with Gasteiger partial charge in [-0.05, 0) is 35.9 Å². The van der Waals surface area contributed by atoms with Crippen LogP contribution in [-0.4, -0.2) is 54.6 Å². The quantitative estimate of drug-likeness (QED) is 0.394. The van der Waals surface area contributed by atoms with Crippen molar-refractivity contribution in [2.24, 2.45) is 0 Å². The fourth-order valence-corrected chi connectivity index (χ4v) is 4.22. The van der Waals surface area contributed by atoms with Crippen molar-refractivity contribution >= 4 is 10.8 Å². The number of nitrogens with one attached hydrogen (secondary N) is 1. The molecule has 0 bridgehead atoms. The number of aromatic amines is 1. The summed E-state index contributed by atoms with van der Waals surface area (Å²) in [6.45, 7) is 0.949. The van der Waals surface area contributed by atoms with E-state index < -0.39 is 35.9 Å². The summed E-state index contributed by atoms with van der Waals surface area (Å²) in [5.41, 5.74) is -1.20. The van der Waals surface area contributed by atoms with Crippen LogP contribution in [0.25, 0.3) is 22.0 Å². The lowest BCUT2D eigenvalue weighted by molar-refractivity contribution is -0.187. The van der Waals surface area contributed by atoms with Crippen LogP contribution in [0.3, 0.4) is 0 Å². The Morgan fingerprint density at radius 1 is 1.21 bits per heavy atom. The topological polar surface area (TPSA) is 144 Å². The average molecular weight is 465 g/mol. The summed E-state index contributed by atoms with van der Waals surface area (Å²) in [7, 11) is 1.61.